The second-order valence-corrected chi connectivity index (χ2v) is 4.39. The van der Waals surface area contributed by atoms with Gasteiger partial charge in [-0.3, -0.25) is 4.90 Å². The van der Waals surface area contributed by atoms with E-state index in [0.717, 1.165) is 19.3 Å². The van der Waals surface area contributed by atoms with Crippen LogP contribution < -0.4 is 0 Å². The lowest BCUT2D eigenvalue weighted by Crippen LogP contribution is -2.59. The summed E-state index contributed by atoms with van der Waals surface area (Å²) in [4.78, 5) is 24.8. The van der Waals surface area contributed by atoms with Gasteiger partial charge in [0.25, 0.3) is 0 Å². The van der Waals surface area contributed by atoms with Crippen molar-refractivity contribution in [3.05, 3.63) is 0 Å². The third-order valence-corrected chi connectivity index (χ3v) is 3.29. The van der Waals surface area contributed by atoms with Crippen molar-refractivity contribution < 1.29 is 19.4 Å². The van der Waals surface area contributed by atoms with Gasteiger partial charge in [0.2, 0.25) is 0 Å². The highest BCUT2D eigenvalue weighted by atomic mass is 16.6. The third kappa shape index (κ3) is 2.70. The fourth-order valence-electron chi connectivity index (χ4n) is 2.51. The molecule has 1 rings (SSSR count). The number of amides is 1. The highest BCUT2D eigenvalue weighted by Gasteiger charge is 2.47. The average Bonchev–Trinajstić information content (AvgIpc) is 2.30. The fraction of sp³-hybridized carbons (Fsp3) is 0.833. The standard InChI is InChI=1S/C12H21NO4/c1-3-7-12(10(14)15)8-5-6-9-13(12)11(16)17-4-2/h3-9H2,1-2H3,(H,14,15). The molecule has 0 aromatic rings. The van der Waals surface area contributed by atoms with E-state index in [0.29, 0.717) is 19.4 Å². The predicted molar refractivity (Wildman–Crippen MR) is 62.9 cm³/mol. The van der Waals surface area contributed by atoms with Crippen LogP contribution in [-0.4, -0.2) is 40.8 Å². The van der Waals surface area contributed by atoms with Crippen molar-refractivity contribution >= 4 is 12.1 Å². The Morgan fingerprint density at radius 1 is 1.35 bits per heavy atom. The summed E-state index contributed by atoms with van der Waals surface area (Å²) in [6, 6.07) is 0. The molecule has 1 unspecified atom stereocenters. The molecule has 1 aliphatic rings. The molecule has 0 saturated carbocycles. The van der Waals surface area contributed by atoms with Gasteiger partial charge in [0.05, 0.1) is 6.61 Å². The number of hydrogen-bond donors (Lipinski definition) is 1. The first-order chi connectivity index (χ1) is 8.08. The van der Waals surface area contributed by atoms with Crippen LogP contribution in [0, 0.1) is 0 Å². The van der Waals surface area contributed by atoms with Crippen LogP contribution in [0.2, 0.25) is 0 Å². The van der Waals surface area contributed by atoms with Crippen molar-refractivity contribution in [2.45, 2.75) is 51.5 Å². The Bertz CT molecular complexity index is 288. The van der Waals surface area contributed by atoms with Crippen LogP contribution in [-0.2, 0) is 9.53 Å². The summed E-state index contributed by atoms with van der Waals surface area (Å²) in [5, 5.41) is 9.46. The molecule has 17 heavy (non-hydrogen) atoms. The minimum absolute atomic E-state index is 0.275. The maximum atomic E-state index is 11.8. The van der Waals surface area contributed by atoms with E-state index in [-0.39, 0.29) is 6.61 Å². The fourth-order valence-corrected chi connectivity index (χ4v) is 2.51. The van der Waals surface area contributed by atoms with E-state index < -0.39 is 17.6 Å². The molecule has 1 atom stereocenters. The van der Waals surface area contributed by atoms with E-state index >= 15 is 0 Å². The molecule has 1 amide bonds. The van der Waals surface area contributed by atoms with Crippen molar-refractivity contribution in [3.63, 3.8) is 0 Å². The van der Waals surface area contributed by atoms with Gasteiger partial charge in [-0.25, -0.2) is 9.59 Å². The van der Waals surface area contributed by atoms with Crippen molar-refractivity contribution in [3.8, 4) is 0 Å². The smallest absolute Gasteiger partial charge is 0.410 e. The van der Waals surface area contributed by atoms with Gasteiger partial charge in [-0.05, 0) is 32.6 Å². The first-order valence-corrected chi connectivity index (χ1v) is 6.26. The summed E-state index contributed by atoms with van der Waals surface area (Å²) >= 11 is 0. The zero-order valence-corrected chi connectivity index (χ0v) is 10.6. The van der Waals surface area contributed by atoms with Crippen LogP contribution in [0.3, 0.4) is 0 Å². The lowest BCUT2D eigenvalue weighted by Gasteiger charge is -2.43. The second-order valence-electron chi connectivity index (χ2n) is 4.39. The number of nitrogens with zero attached hydrogens (tertiary/aromatic N) is 1. The van der Waals surface area contributed by atoms with Crippen molar-refractivity contribution in [2.75, 3.05) is 13.2 Å². The van der Waals surface area contributed by atoms with E-state index in [2.05, 4.69) is 0 Å². The molecule has 1 aliphatic heterocycles. The summed E-state index contributed by atoms with van der Waals surface area (Å²) in [5.41, 5.74) is -1.06. The number of carbonyl (C=O) groups is 2. The molecule has 0 bridgehead atoms. The Morgan fingerprint density at radius 2 is 2.06 bits per heavy atom. The molecule has 0 radical (unpaired) electrons. The summed E-state index contributed by atoms with van der Waals surface area (Å²) in [6.45, 7) is 4.41. The number of aliphatic carboxylic acids is 1. The average molecular weight is 243 g/mol. The third-order valence-electron chi connectivity index (χ3n) is 3.29. The van der Waals surface area contributed by atoms with Gasteiger partial charge in [0.15, 0.2) is 0 Å². The van der Waals surface area contributed by atoms with E-state index in [1.165, 1.54) is 4.90 Å². The first-order valence-electron chi connectivity index (χ1n) is 6.26. The monoisotopic (exact) mass is 243 g/mol. The summed E-state index contributed by atoms with van der Waals surface area (Å²) in [6.07, 6.45) is 2.95. The van der Waals surface area contributed by atoms with Crippen LogP contribution in [0.1, 0.15) is 46.0 Å². The van der Waals surface area contributed by atoms with E-state index in [4.69, 9.17) is 4.74 Å². The van der Waals surface area contributed by atoms with Gasteiger partial charge < -0.3 is 9.84 Å². The molecule has 0 aromatic heterocycles. The topological polar surface area (TPSA) is 66.8 Å². The molecule has 5 nitrogen and oxygen atoms in total. The van der Waals surface area contributed by atoms with Crippen LogP contribution >= 0.6 is 0 Å². The van der Waals surface area contributed by atoms with Crippen LogP contribution in [0.5, 0.6) is 0 Å². The number of hydrogen-bond acceptors (Lipinski definition) is 3. The molecule has 0 aliphatic carbocycles. The van der Waals surface area contributed by atoms with Gasteiger partial charge in [-0.2, -0.15) is 0 Å². The summed E-state index contributed by atoms with van der Waals surface area (Å²) in [5.74, 6) is -0.910. The number of carboxylic acid groups (broad SMARTS) is 1. The highest BCUT2D eigenvalue weighted by Crippen LogP contribution is 2.33. The number of ether oxygens (including phenoxy) is 1. The van der Waals surface area contributed by atoms with Gasteiger partial charge in [0.1, 0.15) is 5.54 Å². The van der Waals surface area contributed by atoms with Gasteiger partial charge in [-0.1, -0.05) is 13.3 Å². The Kier molecular flexibility index (Phi) is 4.78. The first kappa shape index (κ1) is 13.8. The number of carboxylic acids is 1. The van der Waals surface area contributed by atoms with Gasteiger partial charge in [-0.15, -0.1) is 0 Å². The Labute approximate surface area is 102 Å². The quantitative estimate of drug-likeness (QED) is 0.822. The number of likely N-dealkylation sites (tertiary alicyclic amines) is 1. The number of carbonyl (C=O) groups excluding carboxylic acids is 1. The Morgan fingerprint density at radius 3 is 2.59 bits per heavy atom. The molecule has 5 heteroatoms. The van der Waals surface area contributed by atoms with Gasteiger partial charge in [0, 0.05) is 6.54 Å². The normalized spacial score (nSPS) is 24.5. The zero-order valence-electron chi connectivity index (χ0n) is 10.6. The lowest BCUT2D eigenvalue weighted by atomic mass is 9.83. The van der Waals surface area contributed by atoms with Crippen molar-refractivity contribution in [1.29, 1.82) is 0 Å². The number of rotatable bonds is 4. The zero-order chi connectivity index (χ0) is 12.9. The van der Waals surface area contributed by atoms with Crippen molar-refractivity contribution in [2.24, 2.45) is 0 Å². The molecule has 0 spiro atoms. The minimum atomic E-state index is -1.06. The molecule has 1 heterocycles. The second kappa shape index (κ2) is 5.89. The molecule has 98 valence electrons. The van der Waals surface area contributed by atoms with Gasteiger partial charge >= 0.3 is 12.1 Å². The molecule has 1 fully saturated rings. The molecule has 1 saturated heterocycles. The van der Waals surface area contributed by atoms with Crippen LogP contribution in [0.25, 0.3) is 0 Å². The Balaban J connectivity index is 2.95. The predicted octanol–water partition coefficient (Wildman–Crippen LogP) is 2.25. The van der Waals surface area contributed by atoms with Crippen molar-refractivity contribution in [1.82, 2.24) is 4.90 Å². The summed E-state index contributed by atoms with van der Waals surface area (Å²) < 4.78 is 4.96. The largest absolute Gasteiger partial charge is 0.479 e. The molecular formula is C12H21NO4. The van der Waals surface area contributed by atoms with Crippen LogP contribution in [0.15, 0.2) is 0 Å². The van der Waals surface area contributed by atoms with E-state index in [1.807, 2.05) is 6.92 Å². The molecule has 1 N–H and O–H groups in total. The van der Waals surface area contributed by atoms with E-state index in [1.54, 1.807) is 6.92 Å². The summed E-state index contributed by atoms with van der Waals surface area (Å²) in [7, 11) is 0. The maximum Gasteiger partial charge on any atom is 0.410 e. The molecule has 0 aromatic carbocycles. The van der Waals surface area contributed by atoms with Crippen LogP contribution in [0.4, 0.5) is 4.79 Å². The lowest BCUT2D eigenvalue weighted by molar-refractivity contribution is -0.153. The Hall–Kier alpha value is -1.26. The maximum absolute atomic E-state index is 11.8. The number of piperidine rings is 1. The molecular weight excluding hydrogens is 222 g/mol. The minimum Gasteiger partial charge on any atom is -0.479 e. The van der Waals surface area contributed by atoms with E-state index in [9.17, 15) is 14.7 Å². The highest BCUT2D eigenvalue weighted by molar-refractivity contribution is 5.84. The SMILES string of the molecule is CCCC1(C(=O)O)CCCCN1C(=O)OCC.